The molecule has 0 amide bonds. The fourth-order valence-electron chi connectivity index (χ4n) is 3.84. The molecule has 0 spiro atoms. The quantitative estimate of drug-likeness (QED) is 0.538. The summed E-state index contributed by atoms with van der Waals surface area (Å²) in [7, 11) is 0. The maximum atomic E-state index is 12.3. The average molecular weight is 374 g/mol. The largest absolute Gasteiger partial charge is 0.462 e. The molecule has 0 saturated carbocycles. The highest BCUT2D eigenvalue weighted by molar-refractivity contribution is 6.01. The van der Waals surface area contributed by atoms with Crippen LogP contribution in [0.15, 0.2) is 34.9 Å². The second-order valence-corrected chi connectivity index (χ2v) is 7.96. The molecule has 0 saturated heterocycles. The van der Waals surface area contributed by atoms with Crippen molar-refractivity contribution in [3.63, 3.8) is 0 Å². The predicted octanol–water partition coefficient (Wildman–Crippen LogP) is 4.08. The van der Waals surface area contributed by atoms with Gasteiger partial charge in [-0.15, -0.1) is 0 Å². The predicted molar refractivity (Wildman–Crippen MR) is 103 cm³/mol. The van der Waals surface area contributed by atoms with Gasteiger partial charge in [-0.2, -0.15) is 0 Å². The average Bonchev–Trinajstić information content (AvgIpc) is 2.85. The lowest BCUT2D eigenvalue weighted by atomic mass is 9.82. The molecular weight excluding hydrogens is 344 g/mol. The van der Waals surface area contributed by atoms with Gasteiger partial charge < -0.3 is 9.47 Å². The number of carbonyl (C=O) groups is 3. The van der Waals surface area contributed by atoms with Gasteiger partial charge in [-0.25, -0.2) is 4.79 Å². The van der Waals surface area contributed by atoms with Gasteiger partial charge in [0.1, 0.15) is 12.2 Å². The van der Waals surface area contributed by atoms with Crippen molar-refractivity contribution in [1.29, 1.82) is 0 Å². The van der Waals surface area contributed by atoms with Crippen LogP contribution < -0.4 is 0 Å². The van der Waals surface area contributed by atoms with Crippen molar-refractivity contribution in [2.75, 3.05) is 0 Å². The number of hydrogen-bond donors (Lipinski definition) is 0. The van der Waals surface area contributed by atoms with Gasteiger partial charge in [0.15, 0.2) is 5.78 Å². The molecule has 2 rings (SSSR count). The van der Waals surface area contributed by atoms with Crippen LogP contribution in [0.5, 0.6) is 0 Å². The molecule has 148 valence electrons. The number of rotatable bonds is 2. The van der Waals surface area contributed by atoms with Crippen LogP contribution in [0.2, 0.25) is 0 Å². The molecule has 1 heterocycles. The number of allylic oxidation sites excluding steroid dienone is 3. The zero-order chi connectivity index (χ0) is 20.1. The first-order chi connectivity index (χ1) is 12.7. The highest BCUT2D eigenvalue weighted by Gasteiger charge is 2.39. The van der Waals surface area contributed by atoms with Crippen molar-refractivity contribution >= 4 is 17.7 Å². The Morgan fingerprint density at radius 2 is 1.93 bits per heavy atom. The van der Waals surface area contributed by atoms with Gasteiger partial charge in [0.25, 0.3) is 0 Å². The molecule has 2 aliphatic rings. The van der Waals surface area contributed by atoms with Crippen LogP contribution in [0, 0.1) is 11.8 Å². The number of ether oxygens (including phenoxy) is 2. The van der Waals surface area contributed by atoms with Crippen LogP contribution in [-0.2, 0) is 23.9 Å². The van der Waals surface area contributed by atoms with E-state index in [2.05, 4.69) is 6.08 Å². The van der Waals surface area contributed by atoms with E-state index in [0.717, 1.165) is 24.0 Å². The fourth-order valence-corrected chi connectivity index (χ4v) is 3.84. The second kappa shape index (κ2) is 9.16. The van der Waals surface area contributed by atoms with E-state index in [1.54, 1.807) is 12.2 Å². The summed E-state index contributed by atoms with van der Waals surface area (Å²) >= 11 is 0. The van der Waals surface area contributed by atoms with E-state index in [1.807, 2.05) is 27.7 Å². The van der Waals surface area contributed by atoms with Crippen molar-refractivity contribution in [3.8, 4) is 0 Å². The summed E-state index contributed by atoms with van der Waals surface area (Å²) in [6.07, 6.45) is 6.86. The Morgan fingerprint density at radius 3 is 2.56 bits per heavy atom. The molecule has 0 N–H and O–H groups in total. The summed E-state index contributed by atoms with van der Waals surface area (Å²) in [5.41, 5.74) is 2.50. The van der Waals surface area contributed by atoms with E-state index >= 15 is 0 Å². The number of ketones is 1. The zero-order valence-electron chi connectivity index (χ0n) is 16.9. The highest BCUT2D eigenvalue weighted by atomic mass is 16.6. The van der Waals surface area contributed by atoms with Crippen molar-refractivity contribution in [1.82, 2.24) is 0 Å². The lowest BCUT2D eigenvalue weighted by molar-refractivity contribution is -0.156. The third kappa shape index (κ3) is 5.91. The van der Waals surface area contributed by atoms with Crippen LogP contribution in [0.4, 0.5) is 0 Å². The monoisotopic (exact) mass is 374 g/mol. The third-order valence-corrected chi connectivity index (χ3v) is 5.09. The first-order valence-corrected chi connectivity index (χ1v) is 9.62. The van der Waals surface area contributed by atoms with Crippen LogP contribution in [0.25, 0.3) is 0 Å². The standard InChI is InChI=1S/C22H30O5/c1-13(2)21-19(26-16(5)23)10-15(4)8-6-7-14(3)9-18(24)11-17-12-20(21)27-22(17)25/h8-9,12-13,19-21H,6-7,10-11H2,1-5H3/b14-9+,15-8+/t19-,20-,21-/m1/s1. The van der Waals surface area contributed by atoms with Gasteiger partial charge in [0.2, 0.25) is 0 Å². The van der Waals surface area contributed by atoms with Crippen LogP contribution in [0.1, 0.15) is 60.3 Å². The smallest absolute Gasteiger partial charge is 0.334 e. The minimum absolute atomic E-state index is 0.0462. The van der Waals surface area contributed by atoms with E-state index in [0.29, 0.717) is 12.0 Å². The van der Waals surface area contributed by atoms with E-state index < -0.39 is 12.1 Å². The summed E-state index contributed by atoms with van der Waals surface area (Å²) in [6, 6.07) is 0. The number of esters is 2. The summed E-state index contributed by atoms with van der Waals surface area (Å²) < 4.78 is 11.2. The van der Waals surface area contributed by atoms with Crippen LogP contribution in [-0.4, -0.2) is 29.9 Å². The fraction of sp³-hybridized carbons (Fsp3) is 0.591. The number of carbonyl (C=O) groups excluding carboxylic acids is 3. The first-order valence-electron chi connectivity index (χ1n) is 9.62. The molecule has 1 aliphatic heterocycles. The summed E-state index contributed by atoms with van der Waals surface area (Å²) in [4.78, 5) is 36.3. The Balaban J connectivity index is 2.43. The normalized spacial score (nSPS) is 31.2. The second-order valence-electron chi connectivity index (χ2n) is 7.96. The van der Waals surface area contributed by atoms with Gasteiger partial charge in [-0.05, 0) is 44.8 Å². The molecule has 0 radical (unpaired) electrons. The molecule has 1 aliphatic carbocycles. The molecule has 5 nitrogen and oxygen atoms in total. The maximum Gasteiger partial charge on any atom is 0.334 e. The number of hydrogen-bond acceptors (Lipinski definition) is 5. The van der Waals surface area contributed by atoms with Gasteiger partial charge >= 0.3 is 11.9 Å². The topological polar surface area (TPSA) is 69.7 Å². The SMILES string of the molecule is CC(=O)O[C@@H]1C/C(C)=C/CC/C(C)=C/C(=O)CC2=C[C@@H](OC2=O)[C@@H]1C(C)C. The minimum atomic E-state index is -0.495. The van der Waals surface area contributed by atoms with Crippen molar-refractivity contribution in [2.24, 2.45) is 11.8 Å². The zero-order valence-corrected chi connectivity index (χ0v) is 16.9. The summed E-state index contributed by atoms with van der Waals surface area (Å²) in [5, 5.41) is 0. The molecule has 0 aromatic carbocycles. The number of fused-ring (bicyclic) bond motifs is 1. The van der Waals surface area contributed by atoms with E-state index in [-0.39, 0.29) is 36.1 Å². The third-order valence-electron chi connectivity index (χ3n) is 5.09. The lowest BCUT2D eigenvalue weighted by Gasteiger charge is -2.33. The first kappa shape index (κ1) is 21.1. The minimum Gasteiger partial charge on any atom is -0.462 e. The van der Waals surface area contributed by atoms with E-state index in [9.17, 15) is 14.4 Å². The summed E-state index contributed by atoms with van der Waals surface area (Å²) in [5.74, 6) is -0.933. The maximum absolute atomic E-state index is 12.3. The molecule has 0 aromatic rings. The molecule has 0 unspecified atom stereocenters. The highest BCUT2D eigenvalue weighted by Crippen LogP contribution is 2.34. The van der Waals surface area contributed by atoms with Gasteiger partial charge in [0.05, 0.1) is 0 Å². The Bertz CT molecular complexity index is 695. The molecule has 0 fully saturated rings. The molecule has 0 aromatic heterocycles. The molecule has 27 heavy (non-hydrogen) atoms. The van der Waals surface area contributed by atoms with E-state index in [4.69, 9.17) is 9.47 Å². The Kier molecular flexibility index (Phi) is 7.17. The molecule has 2 bridgehead atoms. The molecule has 5 heteroatoms. The Hall–Kier alpha value is -2.17. The Morgan fingerprint density at radius 1 is 1.22 bits per heavy atom. The van der Waals surface area contributed by atoms with E-state index in [1.165, 1.54) is 6.92 Å². The molecule has 3 atom stereocenters. The van der Waals surface area contributed by atoms with Crippen LogP contribution >= 0.6 is 0 Å². The van der Waals surface area contributed by atoms with Crippen molar-refractivity contribution in [2.45, 2.75) is 72.5 Å². The van der Waals surface area contributed by atoms with Gasteiger partial charge in [-0.3, -0.25) is 9.59 Å². The lowest BCUT2D eigenvalue weighted by Crippen LogP contribution is -2.38. The Labute approximate surface area is 161 Å². The summed E-state index contributed by atoms with van der Waals surface area (Å²) in [6.45, 7) is 9.40. The molecular formula is C22H30O5. The van der Waals surface area contributed by atoms with Gasteiger partial charge in [-0.1, -0.05) is 31.1 Å². The van der Waals surface area contributed by atoms with Crippen molar-refractivity contribution < 1.29 is 23.9 Å². The van der Waals surface area contributed by atoms with Crippen LogP contribution in [0.3, 0.4) is 0 Å². The van der Waals surface area contributed by atoms with Crippen molar-refractivity contribution in [3.05, 3.63) is 34.9 Å². The van der Waals surface area contributed by atoms with Gasteiger partial charge in [0, 0.05) is 31.3 Å².